The molecule has 0 aliphatic carbocycles. The lowest BCUT2D eigenvalue weighted by atomic mass is 9.93. The first-order chi connectivity index (χ1) is 8.09. The van der Waals surface area contributed by atoms with Crippen LogP contribution in [0.5, 0.6) is 0 Å². The highest BCUT2D eigenvalue weighted by molar-refractivity contribution is 6.32. The largest absolute Gasteiger partial charge is 0.339 e. The van der Waals surface area contributed by atoms with E-state index in [2.05, 4.69) is 0 Å². The normalized spacial score (nSPS) is 16.0. The second-order valence-electron chi connectivity index (χ2n) is 4.44. The van der Waals surface area contributed by atoms with Gasteiger partial charge < -0.3 is 4.90 Å². The van der Waals surface area contributed by atoms with E-state index < -0.39 is 11.6 Å². The second kappa shape index (κ2) is 4.86. The molecule has 0 radical (unpaired) electrons. The molecule has 1 heterocycles. The van der Waals surface area contributed by atoms with Crippen LogP contribution in [0.4, 0.5) is 8.78 Å². The van der Waals surface area contributed by atoms with E-state index in [4.69, 9.17) is 0 Å². The number of carbonyl (C=O) groups excluding carboxylic acids is 1. The molecule has 0 saturated carbocycles. The number of hydrogen-bond acceptors (Lipinski definition) is 1. The highest BCUT2D eigenvalue weighted by Gasteiger charge is 2.20. The molecular formula is C12H14BF2NO. The zero-order valence-corrected chi connectivity index (χ0v) is 9.80. The highest BCUT2D eigenvalue weighted by Crippen LogP contribution is 2.14. The van der Waals surface area contributed by atoms with Crippen LogP contribution in [0.25, 0.3) is 0 Å². The molecule has 0 bridgehead atoms. The molecule has 1 aliphatic rings. The number of nitrogens with zero attached hydrogens (tertiary/aromatic N) is 1. The lowest BCUT2D eigenvalue weighted by Gasteiger charge is -2.26. The Morgan fingerprint density at radius 1 is 1.18 bits per heavy atom. The van der Waals surface area contributed by atoms with E-state index in [1.165, 1.54) is 13.9 Å². The van der Waals surface area contributed by atoms with Crippen LogP contribution in [-0.4, -0.2) is 31.7 Å². The van der Waals surface area contributed by atoms with Gasteiger partial charge in [0.05, 0.1) is 0 Å². The van der Waals surface area contributed by atoms with E-state index in [9.17, 15) is 13.6 Å². The monoisotopic (exact) mass is 237 g/mol. The predicted molar refractivity (Wildman–Crippen MR) is 64.3 cm³/mol. The van der Waals surface area contributed by atoms with Crippen LogP contribution in [0.1, 0.15) is 29.6 Å². The van der Waals surface area contributed by atoms with Crippen LogP contribution in [0.15, 0.2) is 12.1 Å². The van der Waals surface area contributed by atoms with E-state index in [0.29, 0.717) is 13.1 Å². The van der Waals surface area contributed by atoms with Crippen molar-refractivity contribution >= 4 is 19.2 Å². The van der Waals surface area contributed by atoms with E-state index in [1.807, 2.05) is 0 Å². The molecule has 90 valence electrons. The summed E-state index contributed by atoms with van der Waals surface area (Å²) in [4.78, 5) is 13.8. The van der Waals surface area contributed by atoms with Crippen molar-refractivity contribution in [1.82, 2.24) is 4.90 Å². The number of piperidine rings is 1. The number of amides is 1. The summed E-state index contributed by atoms with van der Waals surface area (Å²) in [5, 5.41) is 0. The Labute approximate surface area is 100 Å². The van der Waals surface area contributed by atoms with E-state index in [0.717, 1.165) is 25.3 Å². The first-order valence-electron chi connectivity index (χ1n) is 5.84. The minimum atomic E-state index is -0.953. The summed E-state index contributed by atoms with van der Waals surface area (Å²) < 4.78 is 26.3. The standard InChI is InChI=1S/C12H14BF2NO/c13-9-6-8(7-10(14)11(9)15)12(17)16-4-2-1-3-5-16/h6-7H,1-5,13H2. The summed E-state index contributed by atoms with van der Waals surface area (Å²) >= 11 is 0. The van der Waals surface area contributed by atoms with Gasteiger partial charge in [-0.1, -0.05) is 11.5 Å². The van der Waals surface area contributed by atoms with Gasteiger partial charge in [-0.2, -0.15) is 0 Å². The molecule has 1 fully saturated rings. The summed E-state index contributed by atoms with van der Waals surface area (Å²) in [5.74, 6) is -2.03. The van der Waals surface area contributed by atoms with Crippen molar-refractivity contribution in [2.75, 3.05) is 13.1 Å². The highest BCUT2D eigenvalue weighted by atomic mass is 19.2. The molecule has 2 nitrogen and oxygen atoms in total. The third-order valence-electron chi connectivity index (χ3n) is 3.10. The maximum Gasteiger partial charge on any atom is 0.253 e. The Bertz CT molecular complexity index is 421. The Morgan fingerprint density at radius 3 is 2.41 bits per heavy atom. The predicted octanol–water partition coefficient (Wildman–Crippen LogP) is 0.849. The third-order valence-corrected chi connectivity index (χ3v) is 3.10. The van der Waals surface area contributed by atoms with Gasteiger partial charge in [-0.25, -0.2) is 8.78 Å². The molecule has 0 spiro atoms. The second-order valence-corrected chi connectivity index (χ2v) is 4.44. The number of hydrogen-bond donors (Lipinski definition) is 0. The average Bonchev–Trinajstić information content (AvgIpc) is 2.35. The fraction of sp³-hybridized carbons (Fsp3) is 0.417. The topological polar surface area (TPSA) is 20.3 Å². The number of likely N-dealkylation sites (tertiary alicyclic amines) is 1. The lowest BCUT2D eigenvalue weighted by Crippen LogP contribution is -2.36. The van der Waals surface area contributed by atoms with E-state index in [-0.39, 0.29) is 16.9 Å². The zero-order valence-electron chi connectivity index (χ0n) is 9.80. The van der Waals surface area contributed by atoms with Crippen molar-refractivity contribution in [3.05, 3.63) is 29.3 Å². The summed E-state index contributed by atoms with van der Waals surface area (Å²) in [6, 6.07) is 2.40. The molecule has 5 heteroatoms. The first-order valence-corrected chi connectivity index (χ1v) is 5.84. The SMILES string of the molecule is Bc1cc(C(=O)N2CCCCC2)cc(F)c1F. The molecule has 1 saturated heterocycles. The smallest absolute Gasteiger partial charge is 0.253 e. The van der Waals surface area contributed by atoms with E-state index in [1.54, 1.807) is 4.90 Å². The van der Waals surface area contributed by atoms with Gasteiger partial charge in [-0.05, 0) is 25.3 Å². The number of carbonyl (C=O) groups is 1. The Morgan fingerprint density at radius 2 is 1.82 bits per heavy atom. The summed E-state index contributed by atoms with van der Waals surface area (Å²) in [5.41, 5.74) is 0.411. The van der Waals surface area contributed by atoms with Crippen molar-refractivity contribution in [2.24, 2.45) is 0 Å². The molecule has 0 N–H and O–H groups in total. The number of halogens is 2. The Kier molecular flexibility index (Phi) is 3.45. The number of benzene rings is 1. The van der Waals surface area contributed by atoms with Crippen molar-refractivity contribution in [3.8, 4) is 0 Å². The zero-order chi connectivity index (χ0) is 12.4. The Hall–Kier alpha value is -1.39. The summed E-state index contributed by atoms with van der Waals surface area (Å²) in [7, 11) is 1.46. The molecule has 1 amide bonds. The molecular weight excluding hydrogens is 223 g/mol. The summed E-state index contributed by atoms with van der Waals surface area (Å²) in [6.45, 7) is 1.41. The first kappa shape index (κ1) is 12.1. The molecule has 0 aromatic heterocycles. The molecule has 2 rings (SSSR count). The minimum Gasteiger partial charge on any atom is -0.339 e. The van der Waals surface area contributed by atoms with Gasteiger partial charge in [0.15, 0.2) is 11.6 Å². The van der Waals surface area contributed by atoms with Gasteiger partial charge >= 0.3 is 0 Å². The van der Waals surface area contributed by atoms with Gasteiger partial charge in [0.1, 0.15) is 7.85 Å². The van der Waals surface area contributed by atoms with E-state index >= 15 is 0 Å². The van der Waals surface area contributed by atoms with Crippen LogP contribution < -0.4 is 5.46 Å². The quantitative estimate of drug-likeness (QED) is 0.663. The van der Waals surface area contributed by atoms with Crippen LogP contribution in [0, 0.1) is 11.6 Å². The van der Waals surface area contributed by atoms with Crippen molar-refractivity contribution < 1.29 is 13.6 Å². The summed E-state index contributed by atoms with van der Waals surface area (Å²) in [6.07, 6.45) is 3.09. The lowest BCUT2D eigenvalue weighted by molar-refractivity contribution is 0.0724. The molecule has 17 heavy (non-hydrogen) atoms. The molecule has 1 aromatic carbocycles. The third kappa shape index (κ3) is 2.48. The maximum absolute atomic E-state index is 13.2. The minimum absolute atomic E-state index is 0.172. The molecule has 1 aromatic rings. The van der Waals surface area contributed by atoms with Crippen molar-refractivity contribution in [1.29, 1.82) is 0 Å². The molecule has 1 aliphatic heterocycles. The van der Waals surface area contributed by atoms with Crippen LogP contribution in [0.2, 0.25) is 0 Å². The molecule has 0 unspecified atom stereocenters. The van der Waals surface area contributed by atoms with Gasteiger partial charge in [0, 0.05) is 18.7 Å². The van der Waals surface area contributed by atoms with Gasteiger partial charge in [0.25, 0.3) is 5.91 Å². The fourth-order valence-corrected chi connectivity index (χ4v) is 2.13. The average molecular weight is 237 g/mol. The Balaban J connectivity index is 2.24. The van der Waals surface area contributed by atoms with Gasteiger partial charge in [0.2, 0.25) is 0 Å². The fourth-order valence-electron chi connectivity index (χ4n) is 2.13. The van der Waals surface area contributed by atoms with Crippen LogP contribution in [-0.2, 0) is 0 Å². The van der Waals surface area contributed by atoms with Crippen molar-refractivity contribution in [2.45, 2.75) is 19.3 Å². The van der Waals surface area contributed by atoms with Crippen molar-refractivity contribution in [3.63, 3.8) is 0 Å². The molecule has 0 atom stereocenters. The number of rotatable bonds is 1. The maximum atomic E-state index is 13.2. The van der Waals surface area contributed by atoms with Crippen LogP contribution in [0.3, 0.4) is 0 Å². The van der Waals surface area contributed by atoms with Gasteiger partial charge in [-0.3, -0.25) is 4.79 Å². The van der Waals surface area contributed by atoms with Crippen LogP contribution >= 0.6 is 0 Å². The van der Waals surface area contributed by atoms with Gasteiger partial charge in [-0.15, -0.1) is 0 Å².